The summed E-state index contributed by atoms with van der Waals surface area (Å²) in [7, 11) is 0. The lowest BCUT2D eigenvalue weighted by Crippen LogP contribution is -2.39. The molecule has 0 saturated heterocycles. The molecular formula is C18H20N4O. The zero-order valence-electron chi connectivity index (χ0n) is 13.0. The van der Waals surface area contributed by atoms with Gasteiger partial charge in [-0.1, -0.05) is 30.3 Å². The molecule has 1 aromatic heterocycles. The molecule has 0 aliphatic heterocycles. The lowest BCUT2D eigenvalue weighted by atomic mass is 9.66. The van der Waals surface area contributed by atoms with Crippen LogP contribution in [0.2, 0.25) is 0 Å². The van der Waals surface area contributed by atoms with Crippen LogP contribution in [0.15, 0.2) is 30.3 Å². The van der Waals surface area contributed by atoms with E-state index in [4.69, 9.17) is 0 Å². The van der Waals surface area contributed by atoms with Gasteiger partial charge in [0.2, 0.25) is 0 Å². The quantitative estimate of drug-likeness (QED) is 0.913. The molecule has 118 valence electrons. The van der Waals surface area contributed by atoms with Crippen molar-refractivity contribution < 1.29 is 5.11 Å². The van der Waals surface area contributed by atoms with Crippen LogP contribution in [0.1, 0.15) is 61.7 Å². The van der Waals surface area contributed by atoms with Crippen LogP contribution in [-0.2, 0) is 11.0 Å². The molecule has 2 aliphatic rings. The number of H-pyrrole nitrogens is 1. The van der Waals surface area contributed by atoms with E-state index in [1.54, 1.807) is 0 Å². The zero-order valence-corrected chi connectivity index (χ0v) is 13.0. The number of aromatic amines is 1. The topological polar surface area (TPSA) is 85.6 Å². The number of aromatic nitrogens is 3. The van der Waals surface area contributed by atoms with Gasteiger partial charge in [0, 0.05) is 5.92 Å². The van der Waals surface area contributed by atoms with Crippen molar-refractivity contribution in [3.8, 4) is 6.07 Å². The van der Waals surface area contributed by atoms with Crippen LogP contribution >= 0.6 is 0 Å². The third kappa shape index (κ3) is 2.43. The first-order chi connectivity index (χ1) is 11.2. The first kappa shape index (κ1) is 14.4. The Bertz CT molecular complexity index is 734. The summed E-state index contributed by atoms with van der Waals surface area (Å²) in [5.74, 6) is 1.89. The van der Waals surface area contributed by atoms with E-state index < -0.39 is 11.0 Å². The second-order valence-corrected chi connectivity index (χ2v) is 6.91. The fourth-order valence-electron chi connectivity index (χ4n) is 3.56. The largest absolute Gasteiger partial charge is 0.382 e. The zero-order chi connectivity index (χ0) is 15.9. The standard InChI is InChI=1S/C18H20N4O/c19-12-17(14-4-2-1-3-5-14)8-10-18(23,11-9-17)16-20-15(21-22-16)13-6-7-13/h1-5,13,23H,6-11H2,(H,20,21,22)/t17-,18+. The van der Waals surface area contributed by atoms with Crippen molar-refractivity contribution in [2.75, 3.05) is 0 Å². The third-order valence-electron chi connectivity index (χ3n) is 5.35. The summed E-state index contributed by atoms with van der Waals surface area (Å²) < 4.78 is 0. The molecule has 0 bridgehead atoms. The molecule has 5 nitrogen and oxygen atoms in total. The summed E-state index contributed by atoms with van der Waals surface area (Å²) in [6.07, 6.45) is 4.57. The summed E-state index contributed by atoms with van der Waals surface area (Å²) in [6, 6.07) is 12.4. The maximum atomic E-state index is 11.0. The first-order valence-corrected chi connectivity index (χ1v) is 8.27. The molecule has 0 atom stereocenters. The Hall–Kier alpha value is -2.19. The van der Waals surface area contributed by atoms with E-state index in [0.29, 0.717) is 37.4 Å². The number of hydrogen-bond donors (Lipinski definition) is 2. The van der Waals surface area contributed by atoms with Gasteiger partial charge in [0.1, 0.15) is 11.4 Å². The third-order valence-corrected chi connectivity index (χ3v) is 5.35. The van der Waals surface area contributed by atoms with E-state index in [1.165, 1.54) is 0 Å². The molecular weight excluding hydrogens is 288 g/mol. The Labute approximate surface area is 135 Å². The van der Waals surface area contributed by atoms with Crippen LogP contribution < -0.4 is 0 Å². The van der Waals surface area contributed by atoms with Crippen LogP contribution in [0.4, 0.5) is 0 Å². The number of rotatable bonds is 3. The van der Waals surface area contributed by atoms with Crippen LogP contribution in [0.25, 0.3) is 0 Å². The number of benzene rings is 1. The van der Waals surface area contributed by atoms with E-state index in [9.17, 15) is 10.4 Å². The Morgan fingerprint density at radius 3 is 2.43 bits per heavy atom. The molecule has 1 heterocycles. The average Bonchev–Trinajstić information content (AvgIpc) is 3.33. The lowest BCUT2D eigenvalue weighted by Gasteiger charge is -2.39. The Morgan fingerprint density at radius 2 is 1.83 bits per heavy atom. The highest BCUT2D eigenvalue weighted by atomic mass is 16.3. The molecule has 0 unspecified atom stereocenters. The highest BCUT2D eigenvalue weighted by Crippen LogP contribution is 2.46. The van der Waals surface area contributed by atoms with Crippen molar-refractivity contribution >= 4 is 0 Å². The second-order valence-electron chi connectivity index (χ2n) is 6.91. The second kappa shape index (κ2) is 5.17. The molecule has 2 N–H and O–H groups in total. The average molecular weight is 308 g/mol. The fourth-order valence-corrected chi connectivity index (χ4v) is 3.56. The monoisotopic (exact) mass is 308 g/mol. The normalized spacial score (nSPS) is 30.8. The molecule has 2 aromatic rings. The van der Waals surface area contributed by atoms with Crippen LogP contribution in [0.3, 0.4) is 0 Å². The van der Waals surface area contributed by atoms with Crippen molar-refractivity contribution in [2.45, 2.75) is 55.5 Å². The SMILES string of the molecule is N#C[C@]1(c2ccccc2)CC[C@](O)(c2n[nH]c(C3CC3)n2)CC1. The van der Waals surface area contributed by atoms with Crippen molar-refractivity contribution in [3.05, 3.63) is 47.5 Å². The van der Waals surface area contributed by atoms with Gasteiger partial charge in [-0.2, -0.15) is 10.4 Å². The van der Waals surface area contributed by atoms with Crippen LogP contribution in [-0.4, -0.2) is 20.3 Å². The van der Waals surface area contributed by atoms with Crippen LogP contribution in [0.5, 0.6) is 0 Å². The Morgan fingerprint density at radius 1 is 1.13 bits per heavy atom. The van der Waals surface area contributed by atoms with Gasteiger partial charge in [-0.15, -0.1) is 0 Å². The lowest BCUT2D eigenvalue weighted by molar-refractivity contribution is -0.0213. The summed E-state index contributed by atoms with van der Waals surface area (Å²) >= 11 is 0. The van der Waals surface area contributed by atoms with Gasteiger partial charge in [0.05, 0.1) is 11.5 Å². The maximum Gasteiger partial charge on any atom is 0.182 e. The molecule has 1 aromatic carbocycles. The molecule has 0 amide bonds. The molecule has 0 radical (unpaired) electrons. The van der Waals surface area contributed by atoms with E-state index >= 15 is 0 Å². The first-order valence-electron chi connectivity index (χ1n) is 8.27. The summed E-state index contributed by atoms with van der Waals surface area (Å²) in [6.45, 7) is 0. The van der Waals surface area contributed by atoms with Crippen molar-refractivity contribution in [1.29, 1.82) is 5.26 Å². The molecule has 5 heteroatoms. The Balaban J connectivity index is 1.56. The van der Waals surface area contributed by atoms with Gasteiger partial charge in [-0.05, 0) is 44.1 Å². The smallest absolute Gasteiger partial charge is 0.182 e. The van der Waals surface area contributed by atoms with E-state index in [0.717, 1.165) is 24.2 Å². The van der Waals surface area contributed by atoms with Gasteiger partial charge in [0.15, 0.2) is 5.82 Å². The molecule has 2 aliphatic carbocycles. The molecule has 4 rings (SSSR count). The number of aliphatic hydroxyl groups is 1. The predicted molar refractivity (Wildman–Crippen MR) is 84.5 cm³/mol. The molecule has 2 saturated carbocycles. The minimum Gasteiger partial charge on any atom is -0.382 e. The number of nitrogens with one attached hydrogen (secondary N) is 1. The van der Waals surface area contributed by atoms with Crippen molar-refractivity contribution in [3.63, 3.8) is 0 Å². The van der Waals surface area contributed by atoms with Gasteiger partial charge in [0.25, 0.3) is 0 Å². The van der Waals surface area contributed by atoms with Gasteiger partial charge in [-0.25, -0.2) is 4.98 Å². The molecule has 2 fully saturated rings. The van der Waals surface area contributed by atoms with Crippen molar-refractivity contribution in [1.82, 2.24) is 15.2 Å². The van der Waals surface area contributed by atoms with Gasteiger partial charge >= 0.3 is 0 Å². The van der Waals surface area contributed by atoms with Gasteiger partial charge in [-0.3, -0.25) is 5.10 Å². The summed E-state index contributed by atoms with van der Waals surface area (Å²) in [5.41, 5.74) is -0.486. The van der Waals surface area contributed by atoms with E-state index in [2.05, 4.69) is 21.3 Å². The summed E-state index contributed by atoms with van der Waals surface area (Å²) in [5, 5.41) is 28.0. The minimum atomic E-state index is -1.02. The van der Waals surface area contributed by atoms with Crippen molar-refractivity contribution in [2.24, 2.45) is 0 Å². The van der Waals surface area contributed by atoms with E-state index in [1.807, 2.05) is 30.3 Å². The highest BCUT2D eigenvalue weighted by Gasteiger charge is 2.46. The Kier molecular flexibility index (Phi) is 3.24. The number of hydrogen-bond acceptors (Lipinski definition) is 4. The molecule has 23 heavy (non-hydrogen) atoms. The minimum absolute atomic E-state index is 0.492. The van der Waals surface area contributed by atoms with Gasteiger partial charge < -0.3 is 5.11 Å². The fraction of sp³-hybridized carbons (Fsp3) is 0.500. The van der Waals surface area contributed by atoms with E-state index in [-0.39, 0.29) is 0 Å². The number of nitrogens with zero attached hydrogens (tertiary/aromatic N) is 3. The predicted octanol–water partition coefficient (Wildman–Crippen LogP) is 2.91. The summed E-state index contributed by atoms with van der Waals surface area (Å²) in [4.78, 5) is 4.51. The molecule has 0 spiro atoms. The maximum absolute atomic E-state index is 11.0. The number of nitriles is 1. The van der Waals surface area contributed by atoms with Crippen LogP contribution in [0, 0.1) is 11.3 Å². The highest BCUT2D eigenvalue weighted by molar-refractivity contribution is 5.33.